The van der Waals surface area contributed by atoms with Crippen LogP contribution in [0.3, 0.4) is 0 Å². The molecule has 1 saturated carbocycles. The maximum Gasteiger partial charge on any atom is 0.340 e. The van der Waals surface area contributed by atoms with Gasteiger partial charge in [0.05, 0.1) is 29.5 Å². The molecular weight excluding hydrogens is 595 g/mol. The molecule has 2 aromatic rings. The summed E-state index contributed by atoms with van der Waals surface area (Å²) in [5, 5.41) is 13.1. The van der Waals surface area contributed by atoms with Gasteiger partial charge in [-0.2, -0.15) is 0 Å². The van der Waals surface area contributed by atoms with Crippen LogP contribution < -0.4 is 4.74 Å². The summed E-state index contributed by atoms with van der Waals surface area (Å²) in [7, 11) is 0. The summed E-state index contributed by atoms with van der Waals surface area (Å²) in [5.41, 5.74) is 3.92. The Kier molecular flexibility index (Phi) is 10.1. The molecule has 47 heavy (non-hydrogen) atoms. The first-order valence-corrected chi connectivity index (χ1v) is 17.2. The SMILES string of the molecule is CC1=C(c2ccc(OCCc3ccc(F)cc3)cc2)C(N2CCC3(CCC3)CC2)=C([C@H](OC(C)(C)C)C(=O)OC(C)C)C(C)(C)N1O. The topological polar surface area (TPSA) is 71.5 Å². The molecule has 256 valence electrons. The van der Waals surface area contributed by atoms with E-state index in [2.05, 4.69) is 4.90 Å². The molecule has 0 radical (unpaired) electrons. The van der Waals surface area contributed by atoms with Crippen LogP contribution in [0, 0.1) is 11.2 Å². The molecule has 1 atom stereocenters. The molecular formula is C39H53FN2O5. The molecule has 8 heteroatoms. The van der Waals surface area contributed by atoms with Gasteiger partial charge in [0.15, 0.2) is 6.10 Å². The highest BCUT2D eigenvalue weighted by Gasteiger charge is 2.50. The number of piperidine rings is 1. The van der Waals surface area contributed by atoms with Crippen molar-refractivity contribution in [2.24, 2.45) is 5.41 Å². The number of hydroxylamine groups is 2. The maximum atomic E-state index is 13.9. The molecule has 2 fully saturated rings. The van der Waals surface area contributed by atoms with Gasteiger partial charge in [-0.15, -0.1) is 0 Å². The number of carbonyl (C=O) groups excluding carboxylic acids is 1. The van der Waals surface area contributed by atoms with Crippen molar-refractivity contribution in [1.82, 2.24) is 9.96 Å². The Bertz CT molecular complexity index is 1470. The first kappa shape index (κ1) is 35.0. The number of carbonyl (C=O) groups is 1. The molecule has 5 rings (SSSR count). The van der Waals surface area contributed by atoms with Gasteiger partial charge in [-0.05, 0) is 122 Å². The van der Waals surface area contributed by atoms with E-state index in [-0.39, 0.29) is 11.9 Å². The van der Waals surface area contributed by atoms with Crippen LogP contribution >= 0.6 is 0 Å². The summed E-state index contributed by atoms with van der Waals surface area (Å²) in [4.78, 5) is 16.4. The highest BCUT2D eigenvalue weighted by atomic mass is 19.1. The minimum absolute atomic E-state index is 0.251. The van der Waals surface area contributed by atoms with Crippen molar-refractivity contribution in [2.75, 3.05) is 19.7 Å². The Morgan fingerprint density at radius 3 is 2.13 bits per heavy atom. The van der Waals surface area contributed by atoms with Crippen molar-refractivity contribution >= 4 is 11.5 Å². The number of nitrogens with zero attached hydrogens (tertiary/aromatic N) is 2. The molecule has 1 saturated heterocycles. The Labute approximate surface area is 280 Å². The minimum atomic E-state index is -1.03. The lowest BCUT2D eigenvalue weighted by molar-refractivity contribution is -0.172. The van der Waals surface area contributed by atoms with Gasteiger partial charge in [-0.25, -0.2) is 9.18 Å². The third-order valence-electron chi connectivity index (χ3n) is 9.93. The van der Waals surface area contributed by atoms with Gasteiger partial charge in [0.1, 0.15) is 11.6 Å². The number of hydrogen-bond donors (Lipinski definition) is 1. The van der Waals surface area contributed by atoms with E-state index >= 15 is 0 Å². The Hall–Kier alpha value is -3.36. The fraction of sp³-hybridized carbons (Fsp3) is 0.564. The monoisotopic (exact) mass is 648 g/mol. The lowest BCUT2D eigenvalue weighted by Crippen LogP contribution is -2.55. The number of halogens is 1. The maximum absolute atomic E-state index is 13.9. The van der Waals surface area contributed by atoms with E-state index in [1.54, 1.807) is 12.1 Å². The number of rotatable bonds is 10. The van der Waals surface area contributed by atoms with Gasteiger partial charge in [-0.1, -0.05) is 30.7 Å². The Morgan fingerprint density at radius 1 is 0.979 bits per heavy atom. The predicted molar refractivity (Wildman–Crippen MR) is 182 cm³/mol. The number of allylic oxidation sites excluding steroid dienone is 2. The quantitative estimate of drug-likeness (QED) is 0.260. The van der Waals surface area contributed by atoms with E-state index in [9.17, 15) is 14.4 Å². The van der Waals surface area contributed by atoms with Crippen LogP contribution in [0.1, 0.15) is 98.6 Å². The molecule has 7 nitrogen and oxygen atoms in total. The molecule has 2 aromatic carbocycles. The van der Waals surface area contributed by atoms with Crippen molar-refractivity contribution < 1.29 is 28.6 Å². The average molecular weight is 649 g/mol. The van der Waals surface area contributed by atoms with Gasteiger partial charge in [0.25, 0.3) is 0 Å². The van der Waals surface area contributed by atoms with Crippen LogP contribution in [0.2, 0.25) is 0 Å². The fourth-order valence-electron chi connectivity index (χ4n) is 7.26. The lowest BCUT2D eigenvalue weighted by atomic mass is 9.63. The summed E-state index contributed by atoms with van der Waals surface area (Å²) < 4.78 is 31.8. The number of ether oxygens (including phenoxy) is 3. The fourth-order valence-corrected chi connectivity index (χ4v) is 7.26. The molecule has 0 amide bonds. The first-order chi connectivity index (χ1) is 22.1. The van der Waals surface area contributed by atoms with Crippen LogP contribution in [0.15, 0.2) is 65.5 Å². The molecule has 2 heterocycles. The largest absolute Gasteiger partial charge is 0.493 e. The first-order valence-electron chi connectivity index (χ1n) is 17.2. The zero-order chi connectivity index (χ0) is 34.1. The van der Waals surface area contributed by atoms with E-state index in [0.717, 1.165) is 54.1 Å². The number of likely N-dealkylation sites (tertiary alicyclic amines) is 1. The number of benzene rings is 2. The van der Waals surface area contributed by atoms with E-state index < -0.39 is 23.2 Å². The second-order valence-corrected chi connectivity index (χ2v) is 15.3. The van der Waals surface area contributed by atoms with Crippen molar-refractivity contribution in [1.29, 1.82) is 0 Å². The van der Waals surface area contributed by atoms with Gasteiger partial charge in [-0.3, -0.25) is 10.3 Å². The van der Waals surface area contributed by atoms with E-state index in [1.807, 2.05) is 79.7 Å². The Morgan fingerprint density at radius 2 is 1.60 bits per heavy atom. The molecule has 1 spiro atoms. The van der Waals surface area contributed by atoms with Crippen LogP contribution in [-0.4, -0.2) is 64.2 Å². The summed E-state index contributed by atoms with van der Waals surface area (Å²) in [5.74, 6) is 0.00979. The van der Waals surface area contributed by atoms with Gasteiger partial charge < -0.3 is 19.1 Å². The van der Waals surface area contributed by atoms with Crippen molar-refractivity contribution in [3.05, 3.63) is 82.4 Å². The summed E-state index contributed by atoms with van der Waals surface area (Å²) in [6.07, 6.45) is 5.36. The molecule has 2 aliphatic heterocycles. The summed E-state index contributed by atoms with van der Waals surface area (Å²) in [6.45, 7) is 17.5. The normalized spacial score (nSPS) is 20.1. The zero-order valence-corrected chi connectivity index (χ0v) is 29.5. The summed E-state index contributed by atoms with van der Waals surface area (Å²) in [6, 6.07) is 14.4. The summed E-state index contributed by atoms with van der Waals surface area (Å²) >= 11 is 0. The van der Waals surface area contributed by atoms with Crippen LogP contribution in [0.25, 0.3) is 5.57 Å². The van der Waals surface area contributed by atoms with E-state index in [1.165, 1.54) is 36.5 Å². The highest BCUT2D eigenvalue weighted by molar-refractivity contribution is 5.88. The number of hydrogen-bond acceptors (Lipinski definition) is 7. The molecule has 1 N–H and O–H groups in total. The Balaban J connectivity index is 1.55. The minimum Gasteiger partial charge on any atom is -0.493 e. The smallest absolute Gasteiger partial charge is 0.340 e. The number of esters is 1. The highest BCUT2D eigenvalue weighted by Crippen LogP contribution is 2.52. The van der Waals surface area contributed by atoms with E-state index in [4.69, 9.17) is 14.2 Å². The average Bonchev–Trinajstić information content (AvgIpc) is 2.99. The van der Waals surface area contributed by atoms with Gasteiger partial charge >= 0.3 is 5.97 Å². The van der Waals surface area contributed by atoms with Crippen molar-refractivity contribution in [2.45, 2.75) is 117 Å². The second kappa shape index (κ2) is 13.6. The zero-order valence-electron chi connectivity index (χ0n) is 29.5. The van der Waals surface area contributed by atoms with Crippen molar-refractivity contribution in [3.63, 3.8) is 0 Å². The third-order valence-corrected chi connectivity index (χ3v) is 9.93. The van der Waals surface area contributed by atoms with Gasteiger partial charge in [0, 0.05) is 36.4 Å². The molecule has 0 bridgehead atoms. The van der Waals surface area contributed by atoms with Crippen LogP contribution in [-0.2, 0) is 20.7 Å². The molecule has 1 aliphatic carbocycles. The van der Waals surface area contributed by atoms with Gasteiger partial charge in [0.2, 0.25) is 0 Å². The molecule has 0 aromatic heterocycles. The molecule has 3 aliphatic rings. The van der Waals surface area contributed by atoms with Crippen LogP contribution in [0.5, 0.6) is 5.75 Å². The third kappa shape index (κ3) is 7.70. The van der Waals surface area contributed by atoms with Crippen molar-refractivity contribution in [3.8, 4) is 5.75 Å². The van der Waals surface area contributed by atoms with Crippen LogP contribution in [0.4, 0.5) is 4.39 Å². The second-order valence-electron chi connectivity index (χ2n) is 15.3. The standard InChI is InChI=1S/C39H53FN2O5/c1-26(2)46-36(43)35(47-37(4,5)6)33-34(41-23-21-39(22-24-41)19-9-20-39)32(27(3)42(44)38(33,7)8)29-12-16-31(17-13-29)45-25-18-28-10-14-30(40)15-11-28/h10-17,26,35,44H,9,18-25H2,1-8H3/t35-/m0/s1. The predicted octanol–water partition coefficient (Wildman–Crippen LogP) is 8.32. The molecule has 0 unspecified atom stereocenters. The van der Waals surface area contributed by atoms with E-state index in [0.29, 0.717) is 29.7 Å². The lowest BCUT2D eigenvalue weighted by Gasteiger charge is -2.52.